The fourth-order valence-corrected chi connectivity index (χ4v) is 3.94. The summed E-state index contributed by atoms with van der Waals surface area (Å²) in [7, 11) is 4.94. The van der Waals surface area contributed by atoms with E-state index in [0.717, 1.165) is 61.7 Å². The van der Waals surface area contributed by atoms with Crippen LogP contribution in [0.2, 0.25) is 0 Å². The first kappa shape index (κ1) is 20.0. The summed E-state index contributed by atoms with van der Waals surface area (Å²) in [5.41, 5.74) is 3.07. The molecular weight excluding hydrogens is 354 g/mol. The fourth-order valence-electron chi connectivity index (χ4n) is 3.94. The number of ether oxygens (including phenoxy) is 3. The third kappa shape index (κ3) is 4.38. The van der Waals surface area contributed by atoms with Gasteiger partial charge in [0, 0.05) is 5.56 Å². The summed E-state index contributed by atoms with van der Waals surface area (Å²) >= 11 is 0. The van der Waals surface area contributed by atoms with Crippen molar-refractivity contribution in [3.05, 3.63) is 53.1 Å². The normalized spacial score (nSPS) is 18.9. The number of piperazine rings is 1. The number of nitrogens with one attached hydrogen (secondary N) is 2. The van der Waals surface area contributed by atoms with E-state index in [-0.39, 0.29) is 0 Å². The van der Waals surface area contributed by atoms with E-state index in [1.807, 2.05) is 24.3 Å². The number of quaternary nitrogens is 2. The first-order chi connectivity index (χ1) is 13.7. The molecule has 2 N–H and O–H groups in total. The smallest absolute Gasteiger partial charge is 0.203 e. The fraction of sp³-hybridized carbons (Fsp3) is 0.409. The molecule has 3 rings (SSSR count). The first-order valence-corrected chi connectivity index (χ1v) is 9.63. The van der Waals surface area contributed by atoms with Crippen LogP contribution < -0.4 is 24.0 Å². The van der Waals surface area contributed by atoms with Crippen molar-refractivity contribution < 1.29 is 24.0 Å². The summed E-state index contributed by atoms with van der Waals surface area (Å²) in [5.74, 6) is 2.09. The lowest BCUT2D eigenvalue weighted by molar-refractivity contribution is -1.02. The molecule has 0 aliphatic carbocycles. The molecule has 28 heavy (non-hydrogen) atoms. The highest BCUT2D eigenvalue weighted by molar-refractivity contribution is 5.55. The average Bonchev–Trinajstić information content (AvgIpc) is 2.75. The van der Waals surface area contributed by atoms with Crippen LogP contribution in [0.4, 0.5) is 0 Å². The van der Waals surface area contributed by atoms with Crippen LogP contribution in [0.5, 0.6) is 17.2 Å². The predicted octanol–water partition coefficient (Wildman–Crippen LogP) is 0.0677. The molecule has 0 unspecified atom stereocenters. The van der Waals surface area contributed by atoms with Crippen molar-refractivity contribution in [2.24, 2.45) is 0 Å². The van der Waals surface area contributed by atoms with Gasteiger partial charge in [-0.25, -0.2) is 0 Å². The summed E-state index contributed by atoms with van der Waals surface area (Å²) in [6.45, 7) is 6.15. The number of hydrogen-bond acceptors (Lipinski definition) is 4. The molecule has 1 fully saturated rings. The molecule has 1 aliphatic rings. The van der Waals surface area contributed by atoms with Crippen LogP contribution in [0.3, 0.4) is 0 Å². The van der Waals surface area contributed by atoms with E-state index in [9.17, 15) is 5.26 Å². The highest BCUT2D eigenvalue weighted by Gasteiger charge is 2.26. The molecule has 0 bridgehead atoms. The molecule has 1 saturated heterocycles. The average molecular weight is 383 g/mol. The Morgan fingerprint density at radius 3 is 1.96 bits per heavy atom. The maximum Gasteiger partial charge on any atom is 0.203 e. The van der Waals surface area contributed by atoms with Gasteiger partial charge < -0.3 is 24.0 Å². The lowest BCUT2D eigenvalue weighted by Gasteiger charge is -2.30. The van der Waals surface area contributed by atoms with Crippen molar-refractivity contribution >= 4 is 0 Å². The van der Waals surface area contributed by atoms with Crippen molar-refractivity contribution in [2.75, 3.05) is 47.5 Å². The third-order valence-corrected chi connectivity index (χ3v) is 5.47. The predicted molar refractivity (Wildman–Crippen MR) is 106 cm³/mol. The zero-order chi connectivity index (χ0) is 19.9. The number of nitriles is 1. The molecule has 1 aliphatic heterocycles. The maximum atomic E-state index is 9.29. The lowest BCUT2D eigenvalue weighted by Crippen LogP contribution is -3.27. The Labute approximate surface area is 166 Å². The highest BCUT2D eigenvalue weighted by Crippen LogP contribution is 2.39. The van der Waals surface area contributed by atoms with Crippen molar-refractivity contribution in [1.29, 1.82) is 5.26 Å². The Balaban J connectivity index is 1.62. The molecule has 0 saturated carbocycles. The van der Waals surface area contributed by atoms with E-state index in [4.69, 9.17) is 14.2 Å². The molecule has 1 heterocycles. The van der Waals surface area contributed by atoms with Crippen molar-refractivity contribution in [3.8, 4) is 23.3 Å². The van der Waals surface area contributed by atoms with Crippen LogP contribution >= 0.6 is 0 Å². The monoisotopic (exact) mass is 383 g/mol. The minimum absolute atomic E-state index is 0.652. The van der Waals surface area contributed by atoms with E-state index < -0.39 is 0 Å². The Morgan fingerprint density at radius 2 is 1.39 bits per heavy atom. The number of rotatable bonds is 7. The minimum Gasteiger partial charge on any atom is -0.493 e. The van der Waals surface area contributed by atoms with E-state index in [2.05, 4.69) is 18.2 Å². The second kappa shape index (κ2) is 9.45. The van der Waals surface area contributed by atoms with Gasteiger partial charge in [-0.15, -0.1) is 0 Å². The lowest BCUT2D eigenvalue weighted by atomic mass is 10.1. The first-order valence-electron chi connectivity index (χ1n) is 9.63. The van der Waals surface area contributed by atoms with Gasteiger partial charge in [-0.2, -0.15) is 5.26 Å². The largest absolute Gasteiger partial charge is 0.493 e. The molecule has 6 heteroatoms. The van der Waals surface area contributed by atoms with Gasteiger partial charge in [0.1, 0.15) is 39.3 Å². The van der Waals surface area contributed by atoms with Gasteiger partial charge in [-0.1, -0.05) is 18.2 Å². The van der Waals surface area contributed by atoms with Crippen LogP contribution in [0.1, 0.15) is 16.7 Å². The Bertz CT molecular complexity index is 839. The van der Waals surface area contributed by atoms with Crippen LogP contribution in [-0.4, -0.2) is 47.5 Å². The molecule has 0 aromatic heterocycles. The van der Waals surface area contributed by atoms with Crippen LogP contribution in [0.15, 0.2) is 36.4 Å². The molecule has 2 aromatic carbocycles. The number of benzene rings is 2. The van der Waals surface area contributed by atoms with Gasteiger partial charge in [0.25, 0.3) is 0 Å². The van der Waals surface area contributed by atoms with Gasteiger partial charge >= 0.3 is 0 Å². The van der Waals surface area contributed by atoms with Gasteiger partial charge in [-0.05, 0) is 18.2 Å². The Morgan fingerprint density at radius 1 is 0.786 bits per heavy atom. The molecule has 2 aromatic rings. The van der Waals surface area contributed by atoms with Gasteiger partial charge in [0.05, 0.1) is 38.5 Å². The molecular formula is C22H29N3O3+2. The molecule has 0 amide bonds. The van der Waals surface area contributed by atoms with Crippen molar-refractivity contribution in [1.82, 2.24) is 0 Å². The van der Waals surface area contributed by atoms with E-state index in [1.54, 1.807) is 21.3 Å². The SMILES string of the molecule is COc1ccc(C[NH+]2CC[NH+](Cc3ccccc3C#N)CC2)c(OC)c1OC. The van der Waals surface area contributed by atoms with Crippen molar-refractivity contribution in [3.63, 3.8) is 0 Å². The highest BCUT2D eigenvalue weighted by atomic mass is 16.5. The molecule has 0 radical (unpaired) electrons. The quantitative estimate of drug-likeness (QED) is 0.710. The summed E-state index contributed by atoms with van der Waals surface area (Å²) < 4.78 is 16.5. The van der Waals surface area contributed by atoms with Gasteiger partial charge in [0.15, 0.2) is 11.5 Å². The van der Waals surface area contributed by atoms with E-state index in [0.29, 0.717) is 11.5 Å². The molecule has 148 valence electrons. The number of methoxy groups -OCH3 is 3. The van der Waals surface area contributed by atoms with Gasteiger partial charge in [-0.3, -0.25) is 0 Å². The van der Waals surface area contributed by atoms with Crippen LogP contribution in [0, 0.1) is 11.3 Å². The summed E-state index contributed by atoms with van der Waals surface area (Å²) in [5, 5.41) is 9.29. The maximum absolute atomic E-state index is 9.29. The van der Waals surface area contributed by atoms with Crippen molar-refractivity contribution in [2.45, 2.75) is 13.1 Å². The van der Waals surface area contributed by atoms with Crippen LogP contribution in [0.25, 0.3) is 0 Å². The minimum atomic E-state index is 0.652. The van der Waals surface area contributed by atoms with E-state index in [1.165, 1.54) is 9.80 Å². The van der Waals surface area contributed by atoms with E-state index >= 15 is 0 Å². The summed E-state index contributed by atoms with van der Waals surface area (Å²) in [6.07, 6.45) is 0. The Hall–Kier alpha value is -2.75. The summed E-state index contributed by atoms with van der Waals surface area (Å²) in [4.78, 5) is 3.06. The molecule has 6 nitrogen and oxygen atoms in total. The number of nitrogens with zero attached hydrogens (tertiary/aromatic N) is 1. The molecule has 0 atom stereocenters. The molecule has 0 spiro atoms. The second-order valence-corrected chi connectivity index (χ2v) is 7.12. The van der Waals surface area contributed by atoms with Gasteiger partial charge in [0.2, 0.25) is 5.75 Å². The third-order valence-electron chi connectivity index (χ3n) is 5.47. The second-order valence-electron chi connectivity index (χ2n) is 7.12. The number of hydrogen-bond donors (Lipinski definition) is 2. The zero-order valence-corrected chi connectivity index (χ0v) is 16.9. The van der Waals surface area contributed by atoms with Crippen LogP contribution in [-0.2, 0) is 13.1 Å². The Kier molecular flexibility index (Phi) is 6.75. The zero-order valence-electron chi connectivity index (χ0n) is 16.9. The summed E-state index contributed by atoms with van der Waals surface area (Å²) in [6, 6.07) is 14.2. The topological polar surface area (TPSA) is 60.4 Å². The standard InChI is InChI=1S/C22H27N3O3/c1-26-20-9-8-19(21(27-2)22(20)28-3)16-25-12-10-24(11-13-25)15-18-7-5-4-6-17(18)14-23/h4-9H,10-13,15-16H2,1-3H3/p+2.